The van der Waals surface area contributed by atoms with Crippen LogP contribution in [0.15, 0.2) is 0 Å². The third-order valence-electron chi connectivity index (χ3n) is 1.44. The number of nitrogens with one attached hydrogen (secondary N) is 1. The molecule has 0 aromatic heterocycles. The van der Waals surface area contributed by atoms with Crippen molar-refractivity contribution in [3.8, 4) is 0 Å². The summed E-state index contributed by atoms with van der Waals surface area (Å²) < 4.78 is 28.3. The summed E-state index contributed by atoms with van der Waals surface area (Å²) in [5.41, 5.74) is 0. The molecular formula is C6H14ClNO3S. The van der Waals surface area contributed by atoms with Crippen molar-refractivity contribution in [1.82, 2.24) is 4.72 Å². The van der Waals surface area contributed by atoms with Gasteiger partial charge < -0.3 is 4.74 Å². The molecule has 74 valence electrons. The third kappa shape index (κ3) is 5.77. The van der Waals surface area contributed by atoms with Crippen molar-refractivity contribution < 1.29 is 13.2 Å². The van der Waals surface area contributed by atoms with Crippen LogP contribution in [0, 0.1) is 5.92 Å². The van der Waals surface area contributed by atoms with E-state index in [0.29, 0.717) is 6.61 Å². The first-order chi connectivity index (χ1) is 5.37. The molecule has 1 N–H and O–H groups in total. The average molecular weight is 216 g/mol. The smallest absolute Gasteiger partial charge is 0.297 e. The van der Waals surface area contributed by atoms with Crippen LogP contribution in [0.4, 0.5) is 0 Å². The zero-order valence-corrected chi connectivity index (χ0v) is 8.95. The van der Waals surface area contributed by atoms with Crippen LogP contribution >= 0.6 is 10.7 Å². The highest BCUT2D eigenvalue weighted by Gasteiger charge is 2.18. The fourth-order valence-corrected chi connectivity index (χ4v) is 1.77. The second-order valence-corrected chi connectivity index (χ2v) is 5.19. The molecule has 0 fully saturated rings. The second-order valence-electron chi connectivity index (χ2n) is 2.86. The molecule has 0 saturated carbocycles. The Morgan fingerprint density at radius 2 is 2.00 bits per heavy atom. The van der Waals surface area contributed by atoms with Crippen molar-refractivity contribution >= 4 is 19.9 Å². The zero-order valence-electron chi connectivity index (χ0n) is 7.37. The predicted octanol–water partition coefficient (Wildman–Crippen LogP) is 0.731. The van der Waals surface area contributed by atoms with E-state index in [-0.39, 0.29) is 12.0 Å². The number of rotatable bonds is 5. The molecule has 0 heterocycles. The molecule has 1 unspecified atom stereocenters. The molecule has 0 rings (SSSR count). The first kappa shape index (κ1) is 12.2. The molecule has 0 amide bonds. The molecular weight excluding hydrogens is 202 g/mol. The molecule has 0 spiro atoms. The Balaban J connectivity index is 4.14. The number of hydrogen-bond donors (Lipinski definition) is 1. The van der Waals surface area contributed by atoms with Gasteiger partial charge in [-0.05, 0) is 5.92 Å². The predicted molar refractivity (Wildman–Crippen MR) is 48.4 cm³/mol. The van der Waals surface area contributed by atoms with E-state index in [1.54, 1.807) is 0 Å². The molecule has 0 bridgehead atoms. The molecule has 6 heteroatoms. The minimum absolute atomic E-state index is 0.151. The number of methoxy groups -OCH3 is 1. The minimum atomic E-state index is -3.65. The number of halogens is 1. The van der Waals surface area contributed by atoms with Gasteiger partial charge in [-0.15, -0.1) is 0 Å². The summed E-state index contributed by atoms with van der Waals surface area (Å²) in [5.74, 6) is 0.151. The summed E-state index contributed by atoms with van der Waals surface area (Å²) in [6, 6.07) is -0.266. The lowest BCUT2D eigenvalue weighted by atomic mass is 10.1. The van der Waals surface area contributed by atoms with Gasteiger partial charge in [-0.1, -0.05) is 13.8 Å². The molecule has 0 saturated heterocycles. The van der Waals surface area contributed by atoms with Crippen molar-refractivity contribution in [2.45, 2.75) is 19.9 Å². The SMILES string of the molecule is COCC(NS(=O)(=O)Cl)C(C)C. The lowest BCUT2D eigenvalue weighted by Gasteiger charge is -2.18. The quantitative estimate of drug-likeness (QED) is 0.688. The molecule has 0 aliphatic heterocycles. The highest BCUT2D eigenvalue weighted by molar-refractivity contribution is 8.12. The summed E-state index contributed by atoms with van der Waals surface area (Å²) in [4.78, 5) is 0. The summed E-state index contributed by atoms with van der Waals surface area (Å²) in [6.45, 7) is 4.10. The number of hydrogen-bond acceptors (Lipinski definition) is 3. The Hall–Kier alpha value is 0.160. The standard InChI is InChI=1S/C6H14ClNO3S/c1-5(2)6(4-11-3)8-12(7,9)10/h5-6,8H,4H2,1-3H3. The van der Waals surface area contributed by atoms with Crippen molar-refractivity contribution in [2.24, 2.45) is 5.92 Å². The molecule has 0 aliphatic rings. The summed E-state index contributed by atoms with van der Waals surface area (Å²) in [6.07, 6.45) is 0. The topological polar surface area (TPSA) is 55.4 Å². The van der Waals surface area contributed by atoms with Crippen LogP contribution in [0.3, 0.4) is 0 Å². The van der Waals surface area contributed by atoms with Crippen molar-refractivity contribution in [1.29, 1.82) is 0 Å². The van der Waals surface area contributed by atoms with Gasteiger partial charge in [-0.3, -0.25) is 0 Å². The van der Waals surface area contributed by atoms with E-state index in [1.165, 1.54) is 7.11 Å². The van der Waals surface area contributed by atoms with Gasteiger partial charge in [0.2, 0.25) is 0 Å². The minimum Gasteiger partial charge on any atom is -0.383 e. The van der Waals surface area contributed by atoms with Crippen LogP contribution in [0.2, 0.25) is 0 Å². The van der Waals surface area contributed by atoms with E-state index in [9.17, 15) is 8.42 Å². The van der Waals surface area contributed by atoms with Crippen LogP contribution in [0.5, 0.6) is 0 Å². The Kier molecular flexibility index (Phi) is 5.08. The third-order valence-corrected chi connectivity index (χ3v) is 2.29. The molecule has 1 atom stereocenters. The highest BCUT2D eigenvalue weighted by atomic mass is 35.7. The maximum atomic E-state index is 10.6. The highest BCUT2D eigenvalue weighted by Crippen LogP contribution is 2.05. The first-order valence-electron chi connectivity index (χ1n) is 3.57. The van der Waals surface area contributed by atoms with E-state index in [1.807, 2.05) is 13.8 Å². The largest absolute Gasteiger partial charge is 0.383 e. The van der Waals surface area contributed by atoms with Gasteiger partial charge >= 0.3 is 0 Å². The van der Waals surface area contributed by atoms with Crippen molar-refractivity contribution in [3.05, 3.63) is 0 Å². The number of ether oxygens (including phenoxy) is 1. The second kappa shape index (κ2) is 5.01. The molecule has 0 aromatic rings. The van der Waals surface area contributed by atoms with Crippen molar-refractivity contribution in [2.75, 3.05) is 13.7 Å². The molecule has 0 aliphatic carbocycles. The maximum absolute atomic E-state index is 10.6. The lowest BCUT2D eigenvalue weighted by molar-refractivity contribution is 0.158. The maximum Gasteiger partial charge on any atom is 0.297 e. The summed E-state index contributed by atoms with van der Waals surface area (Å²) >= 11 is 0. The fraction of sp³-hybridized carbons (Fsp3) is 1.00. The van der Waals surface area contributed by atoms with E-state index in [0.717, 1.165) is 0 Å². The van der Waals surface area contributed by atoms with Crippen LogP contribution in [0.1, 0.15) is 13.8 Å². The van der Waals surface area contributed by atoms with Gasteiger partial charge in [0, 0.05) is 23.8 Å². The summed E-state index contributed by atoms with van der Waals surface area (Å²) in [7, 11) is 2.88. The zero-order chi connectivity index (χ0) is 9.78. The average Bonchev–Trinajstić information content (AvgIpc) is 1.83. The Bertz CT molecular complexity index is 215. The van der Waals surface area contributed by atoms with E-state index in [2.05, 4.69) is 4.72 Å². The van der Waals surface area contributed by atoms with E-state index >= 15 is 0 Å². The van der Waals surface area contributed by atoms with E-state index < -0.39 is 9.24 Å². The fourth-order valence-electron chi connectivity index (χ4n) is 0.723. The molecule has 4 nitrogen and oxygen atoms in total. The van der Waals surface area contributed by atoms with Gasteiger partial charge in [-0.25, -0.2) is 0 Å². The normalized spacial score (nSPS) is 15.1. The Labute approximate surface area is 77.8 Å². The molecule has 0 aromatic carbocycles. The van der Waals surface area contributed by atoms with Gasteiger partial charge in [0.1, 0.15) is 0 Å². The van der Waals surface area contributed by atoms with Crippen LogP contribution in [-0.4, -0.2) is 28.2 Å². The monoisotopic (exact) mass is 215 g/mol. The van der Waals surface area contributed by atoms with Gasteiger partial charge in [0.15, 0.2) is 0 Å². The molecule has 12 heavy (non-hydrogen) atoms. The molecule has 0 radical (unpaired) electrons. The Morgan fingerprint density at radius 3 is 2.25 bits per heavy atom. The summed E-state index contributed by atoms with van der Waals surface area (Å²) in [5, 5.41) is 0. The van der Waals surface area contributed by atoms with E-state index in [4.69, 9.17) is 15.4 Å². The van der Waals surface area contributed by atoms with Gasteiger partial charge in [0.25, 0.3) is 9.24 Å². The van der Waals surface area contributed by atoms with Crippen LogP contribution in [-0.2, 0) is 14.0 Å². The van der Waals surface area contributed by atoms with Crippen LogP contribution in [0.25, 0.3) is 0 Å². The lowest BCUT2D eigenvalue weighted by Crippen LogP contribution is -2.39. The van der Waals surface area contributed by atoms with Crippen LogP contribution < -0.4 is 4.72 Å². The first-order valence-corrected chi connectivity index (χ1v) is 5.88. The Morgan fingerprint density at radius 1 is 1.50 bits per heavy atom. The van der Waals surface area contributed by atoms with Gasteiger partial charge in [0.05, 0.1) is 6.61 Å². The van der Waals surface area contributed by atoms with Gasteiger partial charge in [-0.2, -0.15) is 13.1 Å². The van der Waals surface area contributed by atoms with Crippen molar-refractivity contribution in [3.63, 3.8) is 0 Å².